The van der Waals surface area contributed by atoms with Crippen LogP contribution >= 0.6 is 23.6 Å². The van der Waals surface area contributed by atoms with Crippen LogP contribution in [0.3, 0.4) is 0 Å². The van der Waals surface area contributed by atoms with Crippen molar-refractivity contribution in [2.45, 2.75) is 53.9 Å². The fraction of sp³-hybridized carbons (Fsp3) is 0.435. The van der Waals surface area contributed by atoms with E-state index in [9.17, 15) is 9.59 Å². The van der Waals surface area contributed by atoms with Crippen LogP contribution in [-0.4, -0.2) is 16.9 Å². The van der Waals surface area contributed by atoms with Gasteiger partial charge in [0.2, 0.25) is 0 Å². The van der Waals surface area contributed by atoms with Crippen molar-refractivity contribution in [2.75, 3.05) is 5.32 Å². The molecule has 160 valence electrons. The van der Waals surface area contributed by atoms with E-state index < -0.39 is 5.91 Å². The fourth-order valence-corrected chi connectivity index (χ4v) is 5.69. The van der Waals surface area contributed by atoms with Crippen molar-refractivity contribution in [1.82, 2.24) is 5.32 Å². The maximum atomic E-state index is 12.6. The summed E-state index contributed by atoms with van der Waals surface area (Å²) in [5, 5.41) is 6.54. The van der Waals surface area contributed by atoms with Crippen LogP contribution in [-0.2, 0) is 12.8 Å². The van der Waals surface area contributed by atoms with Gasteiger partial charge in [-0.05, 0) is 74.4 Å². The third-order valence-electron chi connectivity index (χ3n) is 5.67. The van der Waals surface area contributed by atoms with Gasteiger partial charge in [0.1, 0.15) is 5.00 Å². The minimum atomic E-state index is -0.465. The van der Waals surface area contributed by atoms with Crippen molar-refractivity contribution in [3.8, 4) is 0 Å². The molecule has 5 nitrogen and oxygen atoms in total. The van der Waals surface area contributed by atoms with Crippen molar-refractivity contribution in [1.29, 1.82) is 0 Å². The zero-order valence-electron chi connectivity index (χ0n) is 18.1. The monoisotopic (exact) mass is 443 g/mol. The molecule has 3 rings (SSSR count). The number of hydrogen-bond donors (Lipinski definition) is 3. The average molecular weight is 444 g/mol. The van der Waals surface area contributed by atoms with Crippen molar-refractivity contribution in [2.24, 2.45) is 17.1 Å². The maximum absolute atomic E-state index is 12.6. The number of benzene rings is 1. The first kappa shape index (κ1) is 22.4. The van der Waals surface area contributed by atoms with Gasteiger partial charge in [-0.15, -0.1) is 11.3 Å². The number of anilines is 1. The second-order valence-corrected chi connectivity index (χ2v) is 10.7. The highest BCUT2D eigenvalue weighted by Gasteiger charge is 2.33. The number of carbonyl (C=O) groups is 2. The fourth-order valence-electron chi connectivity index (χ4n) is 4.09. The Morgan fingerprint density at radius 3 is 2.37 bits per heavy atom. The molecule has 4 N–H and O–H groups in total. The Balaban J connectivity index is 1.79. The molecule has 1 heterocycles. The van der Waals surface area contributed by atoms with E-state index in [0.29, 0.717) is 22.0 Å². The smallest absolute Gasteiger partial charge is 0.257 e. The first-order chi connectivity index (χ1) is 14.0. The van der Waals surface area contributed by atoms with Gasteiger partial charge in [0.25, 0.3) is 11.8 Å². The van der Waals surface area contributed by atoms with Gasteiger partial charge in [-0.25, -0.2) is 0 Å². The second-order valence-electron chi connectivity index (χ2n) is 9.16. The molecule has 1 aliphatic rings. The Kier molecular flexibility index (Phi) is 6.34. The Morgan fingerprint density at radius 1 is 1.17 bits per heavy atom. The van der Waals surface area contributed by atoms with E-state index in [0.717, 1.165) is 36.0 Å². The normalized spacial score (nSPS) is 16.0. The predicted octanol–water partition coefficient (Wildman–Crippen LogP) is 4.74. The van der Waals surface area contributed by atoms with Crippen LogP contribution in [0.2, 0.25) is 0 Å². The Labute approximate surface area is 187 Å². The third-order valence-corrected chi connectivity index (χ3v) is 7.05. The summed E-state index contributed by atoms with van der Waals surface area (Å²) in [5.74, 6) is -0.199. The van der Waals surface area contributed by atoms with Gasteiger partial charge in [-0.1, -0.05) is 38.0 Å². The molecule has 1 atom stereocenters. The molecule has 7 heteroatoms. The van der Waals surface area contributed by atoms with Crippen LogP contribution in [0, 0.1) is 25.2 Å². The minimum Gasteiger partial charge on any atom is -0.365 e. The molecule has 0 spiro atoms. The number of aryl methyl sites for hydroxylation is 2. The van der Waals surface area contributed by atoms with Gasteiger partial charge >= 0.3 is 0 Å². The highest BCUT2D eigenvalue weighted by molar-refractivity contribution is 7.80. The Hall–Kier alpha value is -2.25. The Bertz CT molecular complexity index is 998. The number of hydrogen-bond acceptors (Lipinski definition) is 4. The van der Waals surface area contributed by atoms with Crippen molar-refractivity contribution in [3.05, 3.63) is 50.9 Å². The minimum absolute atomic E-state index is 0.160. The standard InChI is InChI=1S/C23H29N3O2S2/c1-12-8-13(2)10-14(9-12)20(28)25-22(29)26-21-18(19(24)27)16-7-6-15(23(3,4)5)11-17(16)30-21/h8-10,15H,6-7,11H2,1-5H3,(H2,24,27)(H2,25,26,28,29)/t15-/m1/s1. The lowest BCUT2D eigenvalue weighted by atomic mass is 9.72. The number of thiocarbonyl (C=S) groups is 1. The summed E-state index contributed by atoms with van der Waals surface area (Å²) in [6.07, 6.45) is 2.78. The number of rotatable bonds is 3. The lowest BCUT2D eigenvalue weighted by Gasteiger charge is -2.33. The molecule has 1 aromatic carbocycles. The second kappa shape index (κ2) is 8.47. The predicted molar refractivity (Wildman–Crippen MR) is 127 cm³/mol. The van der Waals surface area contributed by atoms with Crippen LogP contribution < -0.4 is 16.4 Å². The van der Waals surface area contributed by atoms with Crippen molar-refractivity contribution >= 4 is 45.5 Å². The van der Waals surface area contributed by atoms with Gasteiger partial charge < -0.3 is 11.1 Å². The van der Waals surface area contributed by atoms with Crippen LogP contribution in [0.15, 0.2) is 18.2 Å². The summed E-state index contributed by atoms with van der Waals surface area (Å²) < 4.78 is 0. The molecule has 0 fully saturated rings. The van der Waals surface area contributed by atoms with E-state index in [1.54, 1.807) is 0 Å². The van der Waals surface area contributed by atoms with E-state index >= 15 is 0 Å². The zero-order valence-corrected chi connectivity index (χ0v) is 19.8. The molecular weight excluding hydrogens is 414 g/mol. The summed E-state index contributed by atoms with van der Waals surface area (Å²) in [7, 11) is 0. The topological polar surface area (TPSA) is 84.2 Å². The van der Waals surface area contributed by atoms with Crippen molar-refractivity contribution in [3.63, 3.8) is 0 Å². The molecule has 2 aromatic rings. The molecule has 0 radical (unpaired) electrons. The number of carbonyl (C=O) groups excluding carboxylic acids is 2. The third kappa shape index (κ3) is 4.90. The first-order valence-electron chi connectivity index (χ1n) is 10.1. The van der Waals surface area contributed by atoms with E-state index in [2.05, 4.69) is 31.4 Å². The molecule has 0 aliphatic heterocycles. The zero-order chi connectivity index (χ0) is 22.2. The number of thiophene rings is 1. The van der Waals surface area contributed by atoms with Crippen molar-refractivity contribution < 1.29 is 9.59 Å². The number of nitrogens with one attached hydrogen (secondary N) is 2. The molecular formula is C23H29N3O2S2. The molecule has 30 heavy (non-hydrogen) atoms. The largest absolute Gasteiger partial charge is 0.365 e. The Morgan fingerprint density at radius 2 is 1.80 bits per heavy atom. The highest BCUT2D eigenvalue weighted by atomic mass is 32.1. The van der Waals surface area contributed by atoms with E-state index in [-0.39, 0.29) is 16.4 Å². The van der Waals surface area contributed by atoms with Crippen LogP contribution in [0.5, 0.6) is 0 Å². The van der Waals surface area contributed by atoms with Gasteiger partial charge in [0.05, 0.1) is 5.56 Å². The summed E-state index contributed by atoms with van der Waals surface area (Å²) in [5.41, 5.74) is 10.0. The number of fused-ring (bicyclic) bond motifs is 1. The summed E-state index contributed by atoms with van der Waals surface area (Å²) in [6.45, 7) is 10.6. The summed E-state index contributed by atoms with van der Waals surface area (Å²) in [6, 6.07) is 5.64. The van der Waals surface area contributed by atoms with Crippen LogP contribution in [0.4, 0.5) is 5.00 Å². The summed E-state index contributed by atoms with van der Waals surface area (Å²) in [4.78, 5) is 26.0. The lowest BCUT2D eigenvalue weighted by Crippen LogP contribution is -2.34. The summed E-state index contributed by atoms with van der Waals surface area (Å²) >= 11 is 6.87. The van der Waals surface area contributed by atoms with Crippen LogP contribution in [0.25, 0.3) is 0 Å². The van der Waals surface area contributed by atoms with Gasteiger partial charge in [-0.3, -0.25) is 14.9 Å². The van der Waals surface area contributed by atoms with Gasteiger partial charge in [0, 0.05) is 10.4 Å². The number of amides is 2. The molecule has 0 bridgehead atoms. The van der Waals surface area contributed by atoms with Gasteiger partial charge in [0.15, 0.2) is 5.11 Å². The molecule has 2 amide bonds. The lowest BCUT2D eigenvalue weighted by molar-refractivity contribution is 0.0975. The highest BCUT2D eigenvalue weighted by Crippen LogP contribution is 2.44. The molecule has 0 saturated heterocycles. The van der Waals surface area contributed by atoms with E-state index in [4.69, 9.17) is 18.0 Å². The maximum Gasteiger partial charge on any atom is 0.257 e. The van der Waals surface area contributed by atoms with E-state index in [1.165, 1.54) is 16.2 Å². The van der Waals surface area contributed by atoms with Gasteiger partial charge in [-0.2, -0.15) is 0 Å². The molecule has 1 aromatic heterocycles. The van der Waals surface area contributed by atoms with E-state index in [1.807, 2.05) is 32.0 Å². The van der Waals surface area contributed by atoms with Crippen LogP contribution in [0.1, 0.15) is 69.5 Å². The molecule has 1 aliphatic carbocycles. The number of primary amides is 1. The average Bonchev–Trinajstić information content (AvgIpc) is 2.96. The first-order valence-corrected chi connectivity index (χ1v) is 11.3. The molecule has 0 unspecified atom stereocenters. The quantitative estimate of drug-likeness (QED) is 0.598. The number of nitrogens with two attached hydrogens (primary N) is 1. The SMILES string of the molecule is Cc1cc(C)cc(C(=O)NC(=S)Nc2sc3c(c2C(N)=O)CC[C@@H](C(C)(C)C)C3)c1. The molecule has 0 saturated carbocycles.